The highest BCUT2D eigenvalue weighted by Gasteiger charge is 2.61. The van der Waals surface area contributed by atoms with Gasteiger partial charge in [-0.3, -0.25) is 9.38 Å². The number of piperidine rings is 2. The molecule has 3 heterocycles. The molecule has 9 nitrogen and oxygen atoms in total. The fourth-order valence-corrected chi connectivity index (χ4v) is 8.87. The molecule has 2 fully saturated rings. The van der Waals surface area contributed by atoms with Crippen LogP contribution in [0.15, 0.2) is 51.4 Å². The van der Waals surface area contributed by atoms with Crippen LogP contribution in [0.25, 0.3) is 0 Å². The zero-order valence-corrected chi connectivity index (χ0v) is 30.2. The monoisotopic (exact) mass is 759 g/mol. The van der Waals surface area contributed by atoms with E-state index in [0.29, 0.717) is 44.8 Å². The van der Waals surface area contributed by atoms with Crippen molar-refractivity contribution in [2.24, 2.45) is 5.92 Å². The molecule has 2 saturated heterocycles. The van der Waals surface area contributed by atoms with Gasteiger partial charge < -0.3 is 29.8 Å². The summed E-state index contributed by atoms with van der Waals surface area (Å²) in [6.45, 7) is 9.90. The average Bonchev–Trinajstić information content (AvgIpc) is 3.22. The van der Waals surface area contributed by atoms with E-state index in [1.54, 1.807) is 0 Å². The lowest BCUT2D eigenvalue weighted by molar-refractivity contribution is -0.956. The van der Waals surface area contributed by atoms with Crippen molar-refractivity contribution < 1.29 is 24.0 Å². The second-order valence-electron chi connectivity index (χ2n) is 13.1. The number of amides is 3. The van der Waals surface area contributed by atoms with Gasteiger partial charge in [-0.05, 0) is 107 Å². The maximum absolute atomic E-state index is 13.7. The van der Waals surface area contributed by atoms with Crippen molar-refractivity contribution in [3.05, 3.63) is 62.5 Å². The van der Waals surface area contributed by atoms with Crippen molar-refractivity contribution in [2.45, 2.75) is 77.0 Å². The number of benzene rings is 2. The summed E-state index contributed by atoms with van der Waals surface area (Å²) in [5, 5.41) is 16.7. The summed E-state index contributed by atoms with van der Waals surface area (Å²) in [5.41, 5.74) is 1.69. The Morgan fingerprint density at radius 1 is 1.09 bits per heavy atom. The smallest absolute Gasteiger partial charge is 0.322 e. The number of carbonyl (C=O) groups excluding carboxylic acids is 3. The fraction of sp³-hybridized carbons (Fsp3) is 0.571. The van der Waals surface area contributed by atoms with Gasteiger partial charge in [-0.15, -0.1) is 0 Å². The van der Waals surface area contributed by atoms with Crippen LogP contribution in [-0.2, 0) is 17.8 Å². The maximum Gasteiger partial charge on any atom is 0.322 e. The van der Waals surface area contributed by atoms with Crippen molar-refractivity contribution in [3.8, 4) is 0 Å². The third kappa shape index (κ3) is 7.09. The van der Waals surface area contributed by atoms with Crippen LogP contribution in [0, 0.1) is 5.92 Å². The van der Waals surface area contributed by atoms with E-state index in [0.717, 1.165) is 70.9 Å². The van der Waals surface area contributed by atoms with Gasteiger partial charge in [-0.25, -0.2) is 4.79 Å². The Morgan fingerprint density at radius 2 is 1.83 bits per heavy atom. The van der Waals surface area contributed by atoms with Gasteiger partial charge in [0.2, 0.25) is 0 Å². The number of anilines is 1. The van der Waals surface area contributed by atoms with Crippen LogP contribution in [0.4, 0.5) is 15.3 Å². The molecule has 2 aromatic carbocycles. The largest absolute Gasteiger partial charge is 0.498 e. The molecule has 3 aliphatic rings. The Bertz CT molecular complexity index is 1400. The Kier molecular flexibility index (Phi) is 11.6. The molecule has 250 valence electrons. The number of hydrogen-bond donors (Lipinski definition) is 1. The predicted molar refractivity (Wildman–Crippen MR) is 185 cm³/mol. The Hall–Kier alpha value is -2.31. The molecule has 46 heavy (non-hydrogen) atoms. The number of carboxylic acid groups (broad SMARTS) is 1. The molecule has 2 unspecified atom stereocenters. The van der Waals surface area contributed by atoms with Gasteiger partial charge in [0.25, 0.3) is 6.09 Å². The highest BCUT2D eigenvalue weighted by atomic mass is 79.9. The van der Waals surface area contributed by atoms with Crippen molar-refractivity contribution in [3.63, 3.8) is 0 Å². The third-order valence-electron chi connectivity index (χ3n) is 10.9. The number of nitrogens with one attached hydrogen (secondary N) is 1. The minimum atomic E-state index is -1.17. The Balaban J connectivity index is 1.49. The minimum Gasteiger partial charge on any atom is -0.498 e. The number of fused-ring (bicyclic) bond motifs is 1. The molecule has 0 bridgehead atoms. The van der Waals surface area contributed by atoms with E-state index < -0.39 is 11.8 Å². The number of aldehydes is 1. The first-order valence-corrected chi connectivity index (χ1v) is 18.3. The lowest BCUT2D eigenvalue weighted by atomic mass is 9.80. The number of urea groups is 1. The summed E-state index contributed by atoms with van der Waals surface area (Å²) in [7, 11) is 0. The normalized spacial score (nSPS) is 26.0. The van der Waals surface area contributed by atoms with Gasteiger partial charge in [-0.1, -0.05) is 38.1 Å². The van der Waals surface area contributed by atoms with Gasteiger partial charge >= 0.3 is 6.03 Å². The van der Waals surface area contributed by atoms with E-state index in [2.05, 4.69) is 60.8 Å². The number of likely N-dealkylation sites (tertiary alicyclic amines) is 2. The molecular formula is C35H47Br2N5O4. The fourth-order valence-electron chi connectivity index (χ4n) is 8.20. The number of nitrogens with zero attached hydrogens (tertiary/aromatic N) is 4. The van der Waals surface area contributed by atoms with Gasteiger partial charge in [0.15, 0.2) is 5.66 Å². The van der Waals surface area contributed by atoms with E-state index in [1.165, 1.54) is 0 Å². The van der Waals surface area contributed by atoms with Crippen LogP contribution < -0.4 is 10.4 Å². The van der Waals surface area contributed by atoms with Gasteiger partial charge in [-0.2, -0.15) is 0 Å². The molecule has 3 atom stereocenters. The van der Waals surface area contributed by atoms with Crippen LogP contribution in [0.5, 0.6) is 0 Å². The number of carbonyl (C=O) groups is 3. The van der Waals surface area contributed by atoms with Crippen LogP contribution in [0.2, 0.25) is 0 Å². The molecule has 3 amide bonds. The number of para-hydroxylation sites is 1. The van der Waals surface area contributed by atoms with Crippen LogP contribution in [0.3, 0.4) is 0 Å². The number of hydrogen-bond acceptors (Lipinski definition) is 6. The summed E-state index contributed by atoms with van der Waals surface area (Å²) in [4.78, 5) is 46.6. The molecule has 1 N–H and O–H groups in total. The summed E-state index contributed by atoms with van der Waals surface area (Å²) in [5.74, 6) is 0.548. The van der Waals surface area contributed by atoms with Crippen molar-refractivity contribution in [1.82, 2.24) is 14.7 Å². The zero-order chi connectivity index (χ0) is 32.9. The molecule has 2 aromatic rings. The second-order valence-corrected chi connectivity index (χ2v) is 14.8. The number of halogens is 2. The quantitative estimate of drug-likeness (QED) is 0.228. The summed E-state index contributed by atoms with van der Waals surface area (Å²) in [6, 6.07) is 13.3. The van der Waals surface area contributed by atoms with Crippen molar-refractivity contribution in [1.29, 1.82) is 0 Å². The highest BCUT2D eigenvalue weighted by molar-refractivity contribution is 9.13. The van der Waals surface area contributed by atoms with Crippen LogP contribution in [-0.4, -0.2) is 95.1 Å². The summed E-state index contributed by atoms with van der Waals surface area (Å²) in [6.07, 6.45) is 4.36. The van der Waals surface area contributed by atoms with Gasteiger partial charge in [0, 0.05) is 58.7 Å². The first kappa shape index (κ1) is 35.0. The van der Waals surface area contributed by atoms with Crippen LogP contribution >= 0.6 is 31.9 Å². The summed E-state index contributed by atoms with van der Waals surface area (Å²) < 4.78 is 1.36. The maximum atomic E-state index is 13.7. The topological polar surface area (TPSA) is 96.0 Å². The highest BCUT2D eigenvalue weighted by Crippen LogP contribution is 2.46. The number of quaternary nitrogens is 1. The zero-order valence-electron chi connectivity index (χ0n) is 27.1. The SMILES string of the molecule is CCN(CC)CCC1CCN(C2(CC=O)CC(N3CCc4ccccc4NC3=O)CC[N@+]2(Cc2ccc(Br)c(Br)c2)C(=O)[O-])CC1. The standard InChI is InChI=1S/C35H47Br2N5O4/c1-3-39(4-2)17-11-26-12-18-40(19-13-26)35(16-22-43)24-29(41-20-14-28-7-5-6-8-32(28)38-33(41)44)15-21-42(35,34(45)46)25-27-9-10-30(36)31(37)23-27/h5-10,22-23,26,29H,3-4,11-21,24-25H2,1-2H3,(H-,38,44,45,46)/t29?,35?,42-/m0/s1. The first-order valence-electron chi connectivity index (χ1n) is 16.8. The van der Waals surface area contributed by atoms with E-state index in [1.807, 2.05) is 47.4 Å². The Morgan fingerprint density at radius 3 is 2.50 bits per heavy atom. The van der Waals surface area contributed by atoms with E-state index in [-0.39, 0.29) is 36.1 Å². The molecule has 3 aliphatic heterocycles. The van der Waals surface area contributed by atoms with E-state index in [4.69, 9.17) is 0 Å². The third-order valence-corrected chi connectivity index (χ3v) is 12.8. The van der Waals surface area contributed by atoms with Crippen molar-refractivity contribution in [2.75, 3.05) is 51.1 Å². The van der Waals surface area contributed by atoms with Gasteiger partial charge in [0.05, 0.1) is 13.0 Å². The first-order chi connectivity index (χ1) is 22.2. The van der Waals surface area contributed by atoms with Gasteiger partial charge in [0.1, 0.15) is 12.8 Å². The second kappa shape index (κ2) is 15.3. The summed E-state index contributed by atoms with van der Waals surface area (Å²) >= 11 is 7.13. The van der Waals surface area contributed by atoms with E-state index >= 15 is 0 Å². The van der Waals surface area contributed by atoms with Crippen LogP contribution in [0.1, 0.15) is 63.5 Å². The van der Waals surface area contributed by atoms with E-state index in [9.17, 15) is 19.5 Å². The molecule has 11 heteroatoms. The lowest BCUT2D eigenvalue weighted by Gasteiger charge is -2.61. The molecule has 0 aliphatic carbocycles. The molecule has 0 saturated carbocycles. The number of rotatable bonds is 11. The molecule has 0 aromatic heterocycles. The Labute approximate surface area is 290 Å². The average molecular weight is 762 g/mol. The minimum absolute atomic E-state index is 0.0506. The molecule has 0 radical (unpaired) electrons. The molecule has 0 spiro atoms. The predicted octanol–water partition coefficient (Wildman–Crippen LogP) is 5.85. The lowest BCUT2D eigenvalue weighted by Crippen LogP contribution is -2.80. The molecular weight excluding hydrogens is 714 g/mol. The molecule has 5 rings (SSSR count). The van der Waals surface area contributed by atoms with Crippen molar-refractivity contribution >= 4 is 56.0 Å².